The Morgan fingerprint density at radius 2 is 2.00 bits per heavy atom. The Hall–Kier alpha value is -0.870. The van der Waals surface area contributed by atoms with Crippen molar-refractivity contribution in [2.24, 2.45) is 0 Å². The molecule has 82 valence electrons. The summed E-state index contributed by atoms with van der Waals surface area (Å²) in [5.74, 6) is 0. The lowest BCUT2D eigenvalue weighted by molar-refractivity contribution is 0.159. The molecule has 15 heavy (non-hydrogen) atoms. The highest BCUT2D eigenvalue weighted by Crippen LogP contribution is 2.33. The number of aryl methyl sites for hydroxylation is 1. The minimum Gasteiger partial charge on any atom is -0.387 e. The van der Waals surface area contributed by atoms with Crippen LogP contribution in [0.1, 0.15) is 23.7 Å². The lowest BCUT2D eigenvalue weighted by atomic mass is 9.89. The first-order valence-corrected chi connectivity index (χ1v) is 6.90. The normalized spacial score (nSPS) is 26.0. The summed E-state index contributed by atoms with van der Waals surface area (Å²) in [5, 5.41) is 9.33. The fourth-order valence-electron chi connectivity index (χ4n) is 2.15. The van der Waals surface area contributed by atoms with Gasteiger partial charge in [0.2, 0.25) is 0 Å². The van der Waals surface area contributed by atoms with Gasteiger partial charge in [-0.25, -0.2) is 8.42 Å². The highest BCUT2D eigenvalue weighted by molar-refractivity contribution is 7.91. The topological polar surface area (TPSA) is 54.4 Å². The third-order valence-electron chi connectivity index (χ3n) is 2.97. The highest BCUT2D eigenvalue weighted by atomic mass is 32.2. The van der Waals surface area contributed by atoms with E-state index in [0.717, 1.165) is 17.5 Å². The summed E-state index contributed by atoms with van der Waals surface area (Å²) < 4.78 is 22.9. The van der Waals surface area contributed by atoms with Crippen LogP contribution in [-0.4, -0.2) is 25.0 Å². The summed E-state index contributed by atoms with van der Waals surface area (Å²) in [4.78, 5) is 0. The SMILES string of the molecule is CS(=O)(=O)C1CCc2ccccc2C1O. The van der Waals surface area contributed by atoms with E-state index < -0.39 is 21.2 Å². The average Bonchev–Trinajstić information content (AvgIpc) is 2.16. The molecule has 2 atom stereocenters. The number of benzene rings is 1. The molecule has 0 bridgehead atoms. The van der Waals surface area contributed by atoms with Crippen molar-refractivity contribution in [2.75, 3.05) is 6.26 Å². The van der Waals surface area contributed by atoms with Crippen molar-refractivity contribution in [3.8, 4) is 0 Å². The molecule has 0 spiro atoms. The van der Waals surface area contributed by atoms with Crippen LogP contribution >= 0.6 is 0 Å². The monoisotopic (exact) mass is 226 g/mol. The van der Waals surface area contributed by atoms with Gasteiger partial charge in [0.15, 0.2) is 9.84 Å². The molecule has 0 amide bonds. The van der Waals surface area contributed by atoms with Crippen molar-refractivity contribution < 1.29 is 13.5 Å². The third kappa shape index (κ3) is 1.92. The van der Waals surface area contributed by atoms with Crippen molar-refractivity contribution in [1.82, 2.24) is 0 Å². The van der Waals surface area contributed by atoms with Gasteiger partial charge in [0.25, 0.3) is 0 Å². The van der Waals surface area contributed by atoms with Crippen LogP contribution in [0, 0.1) is 0 Å². The Morgan fingerprint density at radius 3 is 2.67 bits per heavy atom. The van der Waals surface area contributed by atoms with Crippen molar-refractivity contribution in [3.05, 3.63) is 35.4 Å². The van der Waals surface area contributed by atoms with Crippen molar-refractivity contribution in [2.45, 2.75) is 24.2 Å². The number of aliphatic hydroxyl groups excluding tert-OH is 1. The molecule has 0 fully saturated rings. The smallest absolute Gasteiger partial charge is 0.153 e. The van der Waals surface area contributed by atoms with Crippen LogP contribution in [0.25, 0.3) is 0 Å². The van der Waals surface area contributed by atoms with E-state index in [1.165, 1.54) is 6.26 Å². The molecule has 3 nitrogen and oxygen atoms in total. The minimum atomic E-state index is -3.17. The van der Waals surface area contributed by atoms with Crippen LogP contribution < -0.4 is 0 Å². The first-order chi connectivity index (χ1) is 7.00. The molecule has 4 heteroatoms. The van der Waals surface area contributed by atoms with Gasteiger partial charge in [-0.05, 0) is 24.0 Å². The molecule has 2 unspecified atom stereocenters. The molecule has 0 saturated heterocycles. The van der Waals surface area contributed by atoms with E-state index in [0.29, 0.717) is 6.42 Å². The standard InChI is InChI=1S/C11H14O3S/c1-15(13,14)10-7-6-8-4-2-3-5-9(8)11(10)12/h2-5,10-12H,6-7H2,1H3. The quantitative estimate of drug-likeness (QED) is 0.779. The Balaban J connectivity index is 2.42. The van der Waals surface area contributed by atoms with Crippen LogP contribution in [0.15, 0.2) is 24.3 Å². The molecular formula is C11H14O3S. The van der Waals surface area contributed by atoms with Gasteiger partial charge in [-0.2, -0.15) is 0 Å². The molecule has 0 aliphatic heterocycles. The van der Waals surface area contributed by atoms with Gasteiger partial charge in [-0.1, -0.05) is 24.3 Å². The summed E-state index contributed by atoms with van der Waals surface area (Å²) in [6.45, 7) is 0. The largest absolute Gasteiger partial charge is 0.387 e. The maximum Gasteiger partial charge on any atom is 0.153 e. The molecule has 0 heterocycles. The fourth-order valence-corrected chi connectivity index (χ4v) is 3.32. The van der Waals surface area contributed by atoms with E-state index in [-0.39, 0.29) is 0 Å². The number of hydrogen-bond donors (Lipinski definition) is 1. The molecule has 1 aromatic rings. The zero-order valence-corrected chi connectivity index (χ0v) is 9.37. The molecule has 0 saturated carbocycles. The summed E-state index contributed by atoms with van der Waals surface area (Å²) >= 11 is 0. The number of hydrogen-bond acceptors (Lipinski definition) is 3. The van der Waals surface area contributed by atoms with E-state index in [1.54, 1.807) is 6.07 Å². The lowest BCUT2D eigenvalue weighted by Gasteiger charge is -2.28. The molecule has 1 N–H and O–H groups in total. The number of rotatable bonds is 1. The van der Waals surface area contributed by atoms with Gasteiger partial charge in [-0.15, -0.1) is 0 Å². The summed E-state index contributed by atoms with van der Waals surface area (Å²) in [7, 11) is -3.17. The summed E-state index contributed by atoms with van der Waals surface area (Å²) in [6, 6.07) is 7.48. The Labute approximate surface area is 89.7 Å². The second kappa shape index (κ2) is 3.61. The van der Waals surface area contributed by atoms with Gasteiger partial charge < -0.3 is 5.11 Å². The molecule has 1 aromatic carbocycles. The van der Waals surface area contributed by atoms with Crippen LogP contribution in [0.3, 0.4) is 0 Å². The summed E-state index contributed by atoms with van der Waals surface area (Å²) in [6.07, 6.45) is 1.56. The van der Waals surface area contributed by atoms with Crippen LogP contribution in [-0.2, 0) is 16.3 Å². The number of aliphatic hydroxyl groups is 1. The molecule has 1 aliphatic rings. The number of fused-ring (bicyclic) bond motifs is 1. The van der Waals surface area contributed by atoms with E-state index >= 15 is 0 Å². The first-order valence-electron chi connectivity index (χ1n) is 4.95. The van der Waals surface area contributed by atoms with Gasteiger partial charge in [0.05, 0.1) is 11.4 Å². The molecule has 0 radical (unpaired) electrons. The first kappa shape index (κ1) is 10.6. The maximum absolute atomic E-state index is 11.4. The fraction of sp³-hybridized carbons (Fsp3) is 0.455. The van der Waals surface area contributed by atoms with Crippen molar-refractivity contribution in [1.29, 1.82) is 0 Å². The zero-order valence-electron chi connectivity index (χ0n) is 8.55. The maximum atomic E-state index is 11.4. The molecule has 1 aliphatic carbocycles. The second-order valence-corrected chi connectivity index (χ2v) is 6.31. The lowest BCUT2D eigenvalue weighted by Crippen LogP contribution is -2.32. The zero-order chi connectivity index (χ0) is 11.1. The van der Waals surface area contributed by atoms with E-state index in [9.17, 15) is 13.5 Å². The number of sulfone groups is 1. The van der Waals surface area contributed by atoms with Crippen molar-refractivity contribution >= 4 is 9.84 Å². The Morgan fingerprint density at radius 1 is 1.33 bits per heavy atom. The van der Waals surface area contributed by atoms with E-state index in [1.807, 2.05) is 18.2 Å². The van der Waals surface area contributed by atoms with Gasteiger partial charge in [0, 0.05) is 6.26 Å². The predicted octanol–water partition coefficient (Wildman–Crippen LogP) is 1.08. The van der Waals surface area contributed by atoms with Crippen LogP contribution in [0.4, 0.5) is 0 Å². The molecule has 2 rings (SSSR count). The van der Waals surface area contributed by atoms with E-state index in [4.69, 9.17) is 0 Å². The average molecular weight is 226 g/mol. The Bertz CT molecular complexity index is 464. The van der Waals surface area contributed by atoms with Gasteiger partial charge in [0.1, 0.15) is 0 Å². The van der Waals surface area contributed by atoms with Crippen LogP contribution in [0.2, 0.25) is 0 Å². The second-order valence-electron chi connectivity index (χ2n) is 4.05. The molecule has 0 aromatic heterocycles. The minimum absolute atomic E-state index is 0.511. The van der Waals surface area contributed by atoms with Crippen molar-refractivity contribution in [3.63, 3.8) is 0 Å². The Kier molecular flexibility index (Phi) is 2.56. The van der Waals surface area contributed by atoms with Gasteiger partial charge in [-0.3, -0.25) is 0 Å². The van der Waals surface area contributed by atoms with E-state index in [2.05, 4.69) is 0 Å². The molecular weight excluding hydrogens is 212 g/mol. The third-order valence-corrected chi connectivity index (χ3v) is 4.57. The van der Waals surface area contributed by atoms with Crippen LogP contribution in [0.5, 0.6) is 0 Å². The summed E-state index contributed by atoms with van der Waals surface area (Å²) in [5.41, 5.74) is 1.82. The predicted molar refractivity (Wildman–Crippen MR) is 58.4 cm³/mol. The van der Waals surface area contributed by atoms with Gasteiger partial charge >= 0.3 is 0 Å². The highest BCUT2D eigenvalue weighted by Gasteiger charge is 2.34.